The molecule has 0 bridgehead atoms. The lowest BCUT2D eigenvalue weighted by atomic mass is 9.73. The van der Waals surface area contributed by atoms with Gasteiger partial charge in [-0.25, -0.2) is 5.26 Å². The zero-order valence-corrected chi connectivity index (χ0v) is 39.6. The van der Waals surface area contributed by atoms with Gasteiger partial charge in [-0.1, -0.05) is 95.4 Å². The minimum Gasteiger partial charge on any atom is -0.366 e. The van der Waals surface area contributed by atoms with Gasteiger partial charge in [-0.05, 0) is 171 Å². The van der Waals surface area contributed by atoms with Crippen molar-refractivity contribution in [1.29, 1.82) is 0 Å². The molecule has 55 heavy (non-hydrogen) atoms. The van der Waals surface area contributed by atoms with E-state index < -0.39 is 0 Å². The van der Waals surface area contributed by atoms with Crippen molar-refractivity contribution in [1.82, 2.24) is 0 Å². The van der Waals surface area contributed by atoms with Crippen LogP contribution in [0.1, 0.15) is 208 Å². The zero-order chi connectivity index (χ0) is 42.5. The molecule has 0 aliphatic carbocycles. The Balaban J connectivity index is 0.00000487. The first-order valence-corrected chi connectivity index (χ1v) is 22.9. The summed E-state index contributed by atoms with van der Waals surface area (Å²) in [6.07, 6.45) is 16.4. The molecule has 2 heterocycles. The van der Waals surface area contributed by atoms with Crippen molar-refractivity contribution in [3.63, 3.8) is 0 Å². The molecule has 0 aromatic carbocycles. The molecule has 7 heteroatoms. The summed E-state index contributed by atoms with van der Waals surface area (Å²) >= 11 is 0. The molecule has 0 saturated carbocycles. The number of hydrogen-bond donors (Lipinski definition) is 3. The average Bonchev–Trinajstić information content (AvgIpc) is 3.59. The molecule has 7 nitrogen and oxygen atoms in total. The lowest BCUT2D eigenvalue weighted by Gasteiger charge is -2.45. The second kappa shape index (κ2) is 23.3. The molecule has 5 N–H and O–H groups in total. The fraction of sp³-hybridized carbons (Fsp3) is 0.979. The van der Waals surface area contributed by atoms with Gasteiger partial charge in [-0.3, -0.25) is 0 Å². The second-order valence-electron chi connectivity index (χ2n) is 21.5. The molecule has 0 radical (unpaired) electrons. The molecule has 16 atom stereocenters. The van der Waals surface area contributed by atoms with Crippen LogP contribution in [-0.4, -0.2) is 39.5 Å². The molecule has 0 amide bonds. The van der Waals surface area contributed by atoms with E-state index >= 15 is 0 Å². The van der Waals surface area contributed by atoms with E-state index in [-0.39, 0.29) is 28.4 Å². The third kappa shape index (κ3) is 16.5. The van der Waals surface area contributed by atoms with Crippen LogP contribution < -0.4 is 11.6 Å². The Morgan fingerprint density at radius 3 is 1.58 bits per heavy atom. The smallest absolute Gasteiger partial charge is 0.129 e. The molecule has 2 rings (SSSR count). The Hall–Kier alpha value is -0.570. The van der Waals surface area contributed by atoms with E-state index in [0.717, 1.165) is 86.4 Å². The van der Waals surface area contributed by atoms with Crippen molar-refractivity contribution in [3.05, 3.63) is 0 Å². The summed E-state index contributed by atoms with van der Waals surface area (Å²) in [6, 6.07) is 0.0177. The Morgan fingerprint density at radius 2 is 1.07 bits per heavy atom. The van der Waals surface area contributed by atoms with Gasteiger partial charge >= 0.3 is 0 Å². The van der Waals surface area contributed by atoms with Crippen molar-refractivity contribution in [2.75, 3.05) is 0 Å². The van der Waals surface area contributed by atoms with E-state index in [0.29, 0.717) is 29.5 Å². The van der Waals surface area contributed by atoms with Crippen LogP contribution in [0, 0.1) is 65.1 Å². The van der Waals surface area contributed by atoms with Gasteiger partial charge in [0.05, 0.1) is 22.4 Å². The van der Waals surface area contributed by atoms with E-state index in [2.05, 4.69) is 122 Å². The molecule has 0 aromatic rings. The van der Waals surface area contributed by atoms with Crippen molar-refractivity contribution in [2.45, 2.75) is 236 Å². The van der Waals surface area contributed by atoms with Gasteiger partial charge in [-0.15, -0.1) is 4.99 Å². The maximum Gasteiger partial charge on any atom is 0.129 e. The predicted molar refractivity (Wildman–Crippen MR) is 233 cm³/mol. The van der Waals surface area contributed by atoms with Crippen molar-refractivity contribution in [3.8, 4) is 0 Å². The van der Waals surface area contributed by atoms with Crippen molar-refractivity contribution in [2.24, 2.45) is 76.7 Å². The van der Waals surface area contributed by atoms with Crippen molar-refractivity contribution >= 4 is 5.78 Å². The maximum absolute atomic E-state index is 11.4. The topological polar surface area (TPSA) is 117 Å². The summed E-state index contributed by atoms with van der Waals surface area (Å²) < 4.78 is 13.9. The number of nitrogens with two attached hydrogens (primary N) is 2. The maximum atomic E-state index is 11.4. The van der Waals surface area contributed by atoms with Gasteiger partial charge in [0.25, 0.3) is 0 Å². The first-order valence-electron chi connectivity index (χ1n) is 22.9. The largest absolute Gasteiger partial charge is 0.366 e. The minimum absolute atomic E-state index is 0.0177. The summed E-state index contributed by atoms with van der Waals surface area (Å²) in [5.41, 5.74) is 5.44. The molecule has 0 spiro atoms. The number of hydrogen-bond acceptors (Lipinski definition) is 7. The van der Waals surface area contributed by atoms with Crippen LogP contribution in [-0.2, 0) is 19.3 Å². The number of carbonyl (C=O) groups excluding carboxylic acids is 1. The van der Waals surface area contributed by atoms with Gasteiger partial charge in [-0.2, -0.15) is 5.90 Å². The normalized spacial score (nSPS) is 32.2. The molecular weight excluding hydrogens is 685 g/mol. The van der Waals surface area contributed by atoms with Crippen LogP contribution in [0.2, 0.25) is 0 Å². The highest BCUT2D eigenvalue weighted by molar-refractivity contribution is 5.75. The summed E-state index contributed by atoms with van der Waals surface area (Å²) in [5, 5.41) is 6.85. The van der Waals surface area contributed by atoms with E-state index in [1.165, 1.54) is 44.9 Å². The predicted octanol–water partition coefficient (Wildman–Crippen LogP) is 12.8. The molecule has 2 fully saturated rings. The Morgan fingerprint density at radius 1 is 0.618 bits per heavy atom. The number of ether oxygens (including phenoxy) is 2. The summed E-state index contributed by atoms with van der Waals surface area (Å²) in [7, 11) is 0. The highest BCUT2D eigenvalue weighted by Gasteiger charge is 2.60. The number of ketones is 1. The fourth-order valence-electron chi connectivity index (χ4n) is 10.7. The fourth-order valence-corrected chi connectivity index (χ4v) is 10.7. The number of Topliss-reactive ketones (excluding diaryl/α,β-unsaturated/α-hetero) is 1. The molecule has 1 unspecified atom stereocenters. The summed E-state index contributed by atoms with van der Waals surface area (Å²) in [4.78, 5) is 14.1. The monoisotopic (exact) mass is 781 g/mol. The van der Waals surface area contributed by atoms with Gasteiger partial charge in [0.2, 0.25) is 0 Å². The van der Waals surface area contributed by atoms with Crippen LogP contribution in [0.25, 0.3) is 0 Å². The van der Waals surface area contributed by atoms with Gasteiger partial charge in [0.15, 0.2) is 0 Å². The number of carbonyl (C=O) groups is 1. The van der Waals surface area contributed by atoms with Crippen molar-refractivity contribution < 1.29 is 24.5 Å². The minimum atomic E-state index is -0.287. The Labute approximate surface area is 342 Å². The third-order valence-electron chi connectivity index (χ3n) is 16.0. The summed E-state index contributed by atoms with van der Waals surface area (Å²) in [6.45, 7) is 40.2. The first kappa shape index (κ1) is 52.4. The lowest BCUT2D eigenvalue weighted by molar-refractivity contribution is -0.247. The van der Waals surface area contributed by atoms with E-state index in [9.17, 15) is 4.79 Å². The second-order valence-corrected chi connectivity index (χ2v) is 21.5. The van der Waals surface area contributed by atoms with Crippen LogP contribution in [0.5, 0.6) is 0 Å². The lowest BCUT2D eigenvalue weighted by Crippen LogP contribution is -2.54. The van der Waals surface area contributed by atoms with E-state index in [1.807, 2.05) is 0 Å². The Bertz CT molecular complexity index is 1090. The van der Waals surface area contributed by atoms with Gasteiger partial charge < -0.3 is 20.0 Å². The van der Waals surface area contributed by atoms with Gasteiger partial charge in [0, 0.05) is 12.5 Å². The quantitative estimate of drug-likeness (QED) is 0.0659. The zero-order valence-electron chi connectivity index (χ0n) is 39.6. The highest BCUT2D eigenvalue weighted by atomic mass is 17.2. The van der Waals surface area contributed by atoms with Crippen LogP contribution >= 0.6 is 0 Å². The number of rotatable bonds is 24. The molecule has 0 aromatic heterocycles. The van der Waals surface area contributed by atoms with Gasteiger partial charge in [0.1, 0.15) is 5.78 Å². The van der Waals surface area contributed by atoms with Crippen LogP contribution in [0.3, 0.4) is 0 Å². The molecule has 328 valence electrons. The molecular formula is C48H96N2O5. The highest BCUT2D eigenvalue weighted by Crippen LogP contribution is 2.54. The first-order chi connectivity index (χ1) is 25.3. The van der Waals surface area contributed by atoms with E-state index in [4.69, 9.17) is 20.5 Å². The SMILES string of the molecule is CC(=O)CC[C@@H](C)C[C@@H](C)C[C@@H](C)[C@@H](C)CC(C)[C@@H](C)C[C@@H](C)CCC[C@H](C)[C@H](C)[C@H](C)[C@@H](C)C[C@]1(C)CC[C@](C)([C@]2(C)CC[C@](C)([C@@H](C)N)O2)O1.NOO. The van der Waals surface area contributed by atoms with E-state index in [1.54, 1.807) is 6.92 Å². The summed E-state index contributed by atoms with van der Waals surface area (Å²) in [5.74, 6) is 12.2. The average molecular weight is 781 g/mol. The molecule has 2 saturated heterocycles. The molecule has 2 aliphatic rings. The standard InChI is InChI=1S/C48H93NO3.H3NO2/c1-32(28-36(5)38(7)30-39(8)37(6)29-34(3)27-33(2)21-22-41(10)50)19-18-20-35(4)42(11)43(12)40(9)31-45(14)23-25-47(16,51-45)48(17)26-24-46(15,52-48)44(13)49;1-3-2/h32-40,42-44H,18-31,49H2,1-17H3;2H,1H2/t32-,33+,34+,35-,36-,37+,38?,39-,40-,42-,43+,44+,45-,46+,47+,48-;/m0./s1. The molecule has 2 aliphatic heterocycles. The van der Waals surface area contributed by atoms with Crippen LogP contribution in [0.4, 0.5) is 0 Å². The Kier molecular flexibility index (Phi) is 22.2. The third-order valence-corrected chi connectivity index (χ3v) is 16.0. The van der Waals surface area contributed by atoms with Crippen LogP contribution in [0.15, 0.2) is 0 Å².